The van der Waals surface area contributed by atoms with Crippen molar-refractivity contribution in [3.8, 4) is 5.75 Å². The van der Waals surface area contributed by atoms with Crippen LogP contribution >= 0.6 is 0 Å². The topological polar surface area (TPSA) is 64.9 Å². The number of hydrogen-bond donors (Lipinski definition) is 1. The fraction of sp³-hybridized carbons (Fsp3) is 0.462. The molecule has 0 amide bonds. The van der Waals surface area contributed by atoms with Crippen LogP contribution in [0.25, 0.3) is 0 Å². The van der Waals surface area contributed by atoms with Crippen LogP contribution in [0.2, 0.25) is 0 Å². The summed E-state index contributed by atoms with van der Waals surface area (Å²) in [6.07, 6.45) is 7.88. The normalized spacial score (nSPS) is 12.4. The summed E-state index contributed by atoms with van der Waals surface area (Å²) in [7, 11) is 3.54. The van der Waals surface area contributed by atoms with Crippen molar-refractivity contribution in [3.63, 3.8) is 0 Å². The van der Waals surface area contributed by atoms with Crippen LogP contribution in [0, 0.1) is 0 Å². The van der Waals surface area contributed by atoms with Crippen LogP contribution in [0.5, 0.6) is 5.75 Å². The molecule has 1 N–H and O–H groups in total. The molecule has 19 heavy (non-hydrogen) atoms. The number of nitrogens with zero attached hydrogens (tertiary/aromatic N) is 4. The maximum absolute atomic E-state index is 5.38. The first-order chi connectivity index (χ1) is 9.27. The second-order valence-corrected chi connectivity index (χ2v) is 4.24. The number of rotatable bonds is 6. The maximum Gasteiger partial charge on any atom is 0.161 e. The van der Waals surface area contributed by atoms with Gasteiger partial charge in [0.2, 0.25) is 0 Å². The van der Waals surface area contributed by atoms with Crippen molar-refractivity contribution in [2.75, 3.05) is 13.7 Å². The molecule has 0 radical (unpaired) electrons. The smallest absolute Gasteiger partial charge is 0.161 e. The van der Waals surface area contributed by atoms with Crippen molar-refractivity contribution in [2.45, 2.75) is 19.4 Å². The van der Waals surface area contributed by atoms with Crippen molar-refractivity contribution >= 4 is 0 Å². The molecule has 2 rings (SSSR count). The number of aromatic nitrogens is 4. The SMILES string of the molecule is CCCNC(c1cnccn1)c1c(OC)cnn1C. The van der Waals surface area contributed by atoms with Gasteiger partial charge in [-0.15, -0.1) is 0 Å². The lowest BCUT2D eigenvalue weighted by Gasteiger charge is -2.19. The highest BCUT2D eigenvalue weighted by atomic mass is 16.5. The van der Waals surface area contributed by atoms with E-state index in [-0.39, 0.29) is 6.04 Å². The van der Waals surface area contributed by atoms with Gasteiger partial charge in [-0.25, -0.2) is 0 Å². The lowest BCUT2D eigenvalue weighted by molar-refractivity contribution is 0.399. The zero-order valence-electron chi connectivity index (χ0n) is 11.5. The average Bonchev–Trinajstić information content (AvgIpc) is 2.82. The highest BCUT2D eigenvalue weighted by molar-refractivity contribution is 5.33. The molecule has 0 saturated heterocycles. The molecule has 6 heteroatoms. The van der Waals surface area contributed by atoms with Gasteiger partial charge in [0.15, 0.2) is 5.75 Å². The predicted molar refractivity (Wildman–Crippen MR) is 71.9 cm³/mol. The first-order valence-corrected chi connectivity index (χ1v) is 6.33. The highest BCUT2D eigenvalue weighted by Crippen LogP contribution is 2.27. The van der Waals surface area contributed by atoms with E-state index in [1.165, 1.54) is 0 Å². The van der Waals surface area contributed by atoms with Crippen molar-refractivity contribution in [1.29, 1.82) is 0 Å². The molecule has 0 aliphatic rings. The van der Waals surface area contributed by atoms with Gasteiger partial charge >= 0.3 is 0 Å². The van der Waals surface area contributed by atoms with E-state index in [1.807, 2.05) is 7.05 Å². The molecule has 1 unspecified atom stereocenters. The van der Waals surface area contributed by atoms with Crippen molar-refractivity contribution in [3.05, 3.63) is 36.2 Å². The Hall–Kier alpha value is -1.95. The van der Waals surface area contributed by atoms with Crippen LogP contribution in [0.15, 0.2) is 24.8 Å². The van der Waals surface area contributed by atoms with E-state index in [2.05, 4.69) is 27.3 Å². The fourth-order valence-electron chi connectivity index (χ4n) is 2.00. The molecule has 0 aliphatic heterocycles. The van der Waals surface area contributed by atoms with Crippen LogP contribution in [-0.2, 0) is 7.05 Å². The quantitative estimate of drug-likeness (QED) is 0.849. The minimum absolute atomic E-state index is 0.0731. The fourth-order valence-corrected chi connectivity index (χ4v) is 2.00. The molecule has 102 valence electrons. The molecular weight excluding hydrogens is 242 g/mol. The molecule has 2 heterocycles. The number of ether oxygens (including phenoxy) is 1. The van der Waals surface area contributed by atoms with Gasteiger partial charge in [0, 0.05) is 19.4 Å². The third kappa shape index (κ3) is 2.90. The lowest BCUT2D eigenvalue weighted by Crippen LogP contribution is -2.26. The minimum Gasteiger partial charge on any atom is -0.493 e. The van der Waals surface area contributed by atoms with Gasteiger partial charge in [-0.05, 0) is 13.0 Å². The Morgan fingerprint density at radius 3 is 2.84 bits per heavy atom. The van der Waals surface area contributed by atoms with Gasteiger partial charge in [0.05, 0.1) is 31.2 Å². The second kappa shape index (κ2) is 6.29. The van der Waals surface area contributed by atoms with Crippen LogP contribution in [0.3, 0.4) is 0 Å². The molecule has 6 nitrogen and oxygen atoms in total. The largest absolute Gasteiger partial charge is 0.493 e. The Kier molecular flexibility index (Phi) is 4.46. The van der Waals surface area contributed by atoms with Gasteiger partial charge in [0.1, 0.15) is 5.69 Å². The molecule has 2 aromatic heterocycles. The van der Waals surface area contributed by atoms with Crippen LogP contribution < -0.4 is 10.1 Å². The van der Waals surface area contributed by atoms with Gasteiger partial charge in [0.25, 0.3) is 0 Å². The molecule has 0 aromatic carbocycles. The molecule has 0 spiro atoms. The number of methoxy groups -OCH3 is 1. The van der Waals surface area contributed by atoms with Gasteiger partial charge in [-0.1, -0.05) is 6.92 Å². The third-order valence-electron chi connectivity index (χ3n) is 2.92. The van der Waals surface area contributed by atoms with Crippen LogP contribution in [0.1, 0.15) is 30.8 Å². The Morgan fingerprint density at radius 2 is 2.21 bits per heavy atom. The summed E-state index contributed by atoms with van der Waals surface area (Å²) in [6.45, 7) is 3.01. The van der Waals surface area contributed by atoms with Crippen molar-refractivity contribution in [2.24, 2.45) is 7.05 Å². The Labute approximate surface area is 112 Å². The summed E-state index contributed by atoms with van der Waals surface area (Å²) in [6, 6.07) is -0.0731. The van der Waals surface area contributed by atoms with Gasteiger partial charge in [-0.3, -0.25) is 14.6 Å². The molecule has 0 fully saturated rings. The van der Waals surface area contributed by atoms with E-state index in [4.69, 9.17) is 4.74 Å². The van der Waals surface area contributed by atoms with Gasteiger partial charge in [-0.2, -0.15) is 5.10 Å². The Bertz CT molecular complexity index is 511. The van der Waals surface area contributed by atoms with E-state index in [1.54, 1.807) is 36.6 Å². The van der Waals surface area contributed by atoms with Gasteiger partial charge < -0.3 is 10.1 Å². The Balaban J connectivity index is 2.40. The number of nitrogens with one attached hydrogen (secondary N) is 1. The van der Waals surface area contributed by atoms with E-state index < -0.39 is 0 Å². The van der Waals surface area contributed by atoms with Crippen LogP contribution in [0.4, 0.5) is 0 Å². The Morgan fingerprint density at radius 1 is 1.37 bits per heavy atom. The summed E-state index contributed by atoms with van der Waals surface area (Å²) < 4.78 is 7.18. The average molecular weight is 261 g/mol. The van der Waals surface area contributed by atoms with E-state index in [9.17, 15) is 0 Å². The third-order valence-corrected chi connectivity index (χ3v) is 2.92. The van der Waals surface area contributed by atoms with Crippen LogP contribution in [-0.4, -0.2) is 33.4 Å². The van der Waals surface area contributed by atoms with E-state index >= 15 is 0 Å². The molecule has 0 saturated carbocycles. The monoisotopic (exact) mass is 261 g/mol. The number of aryl methyl sites for hydroxylation is 1. The summed E-state index contributed by atoms with van der Waals surface area (Å²) in [5, 5.41) is 7.71. The zero-order chi connectivity index (χ0) is 13.7. The zero-order valence-corrected chi connectivity index (χ0v) is 11.5. The highest BCUT2D eigenvalue weighted by Gasteiger charge is 2.23. The molecular formula is C13H19N5O. The summed E-state index contributed by atoms with van der Waals surface area (Å²) in [5.74, 6) is 0.752. The number of hydrogen-bond acceptors (Lipinski definition) is 5. The van der Waals surface area contributed by atoms with E-state index in [0.29, 0.717) is 0 Å². The first kappa shape index (κ1) is 13.5. The summed E-state index contributed by atoms with van der Waals surface area (Å²) >= 11 is 0. The lowest BCUT2D eigenvalue weighted by atomic mass is 10.1. The molecule has 2 aromatic rings. The predicted octanol–water partition coefficient (Wildman–Crippen LogP) is 1.31. The maximum atomic E-state index is 5.38. The minimum atomic E-state index is -0.0731. The molecule has 0 aliphatic carbocycles. The second-order valence-electron chi connectivity index (χ2n) is 4.24. The first-order valence-electron chi connectivity index (χ1n) is 6.33. The molecule has 1 atom stereocenters. The van der Waals surface area contributed by atoms with Crippen molar-refractivity contribution in [1.82, 2.24) is 25.1 Å². The summed E-state index contributed by atoms with van der Waals surface area (Å²) in [5.41, 5.74) is 1.81. The summed E-state index contributed by atoms with van der Waals surface area (Å²) in [4.78, 5) is 8.52. The molecule has 0 bridgehead atoms. The standard InChI is InChI=1S/C13H19N5O/c1-4-5-16-12(10-8-14-6-7-15-10)13-11(19-3)9-17-18(13)2/h6-9,12,16H,4-5H2,1-3H3. The van der Waals surface area contributed by atoms with Crippen molar-refractivity contribution < 1.29 is 4.74 Å². The van der Waals surface area contributed by atoms with E-state index in [0.717, 1.165) is 30.1 Å².